The van der Waals surface area contributed by atoms with Crippen molar-refractivity contribution in [1.82, 2.24) is 0 Å². The van der Waals surface area contributed by atoms with Crippen molar-refractivity contribution in [2.24, 2.45) is 0 Å². The average Bonchev–Trinajstić information content (AvgIpc) is 2.53. The van der Waals surface area contributed by atoms with Gasteiger partial charge in [-0.3, -0.25) is 0 Å². The van der Waals surface area contributed by atoms with E-state index >= 15 is 0 Å². The minimum atomic E-state index is -4.27. The van der Waals surface area contributed by atoms with Crippen LogP contribution in [0.25, 0.3) is 0 Å². The molecule has 1 aromatic carbocycles. The highest BCUT2D eigenvalue weighted by molar-refractivity contribution is 6.60. The molecule has 0 aliphatic heterocycles. The number of hydrogen-bond donors (Lipinski definition) is 0. The van der Waals surface area contributed by atoms with E-state index in [2.05, 4.69) is 0 Å². The molecule has 0 radical (unpaired) electrons. The van der Waals surface area contributed by atoms with Gasteiger partial charge in [0.2, 0.25) is 0 Å². The Morgan fingerprint density at radius 3 is 2.04 bits per heavy atom. The normalized spacial score (nSPS) is 12.6. The van der Waals surface area contributed by atoms with Crippen LogP contribution in [0.1, 0.15) is 37.3 Å². The average molecular weight is 350 g/mol. The van der Waals surface area contributed by atoms with Crippen LogP contribution in [0.5, 0.6) is 0 Å². The number of alkyl halides is 3. The van der Waals surface area contributed by atoms with E-state index in [1.54, 1.807) is 26.4 Å². The van der Waals surface area contributed by atoms with Gasteiger partial charge in [-0.15, -0.1) is 0 Å². The van der Waals surface area contributed by atoms with Crippen molar-refractivity contribution < 1.29 is 26.4 Å². The molecule has 0 heterocycles. The first kappa shape index (κ1) is 20.2. The van der Waals surface area contributed by atoms with Crippen molar-refractivity contribution >= 4 is 8.80 Å². The van der Waals surface area contributed by atoms with Gasteiger partial charge in [0, 0.05) is 26.9 Å². The molecule has 0 fully saturated rings. The van der Waals surface area contributed by atoms with E-state index in [0.717, 1.165) is 49.4 Å². The highest BCUT2D eigenvalue weighted by atomic mass is 28.4. The first-order valence-corrected chi connectivity index (χ1v) is 9.70. The maximum absolute atomic E-state index is 12.5. The van der Waals surface area contributed by atoms with Crippen molar-refractivity contribution in [3.8, 4) is 0 Å². The molecule has 0 aromatic heterocycles. The summed E-state index contributed by atoms with van der Waals surface area (Å²) < 4.78 is 53.9. The van der Waals surface area contributed by atoms with Gasteiger partial charge in [0.1, 0.15) is 0 Å². The van der Waals surface area contributed by atoms with Crippen LogP contribution in [0.15, 0.2) is 24.3 Å². The quantitative estimate of drug-likeness (QED) is 0.453. The third-order valence-electron chi connectivity index (χ3n) is 3.72. The molecule has 7 heteroatoms. The molecule has 3 nitrogen and oxygen atoms in total. The predicted octanol–water partition coefficient (Wildman–Crippen LogP) is 4.69. The van der Waals surface area contributed by atoms with Gasteiger partial charge in [0.05, 0.1) is 5.56 Å². The van der Waals surface area contributed by atoms with Gasteiger partial charge in [-0.25, -0.2) is 0 Å². The zero-order chi connectivity index (χ0) is 17.3. The molecule has 0 bridgehead atoms. The van der Waals surface area contributed by atoms with Crippen molar-refractivity contribution in [2.45, 2.75) is 44.8 Å². The molecule has 0 saturated carbocycles. The zero-order valence-corrected chi connectivity index (χ0v) is 14.9. The fraction of sp³-hybridized carbons (Fsp3) is 0.625. The van der Waals surface area contributed by atoms with E-state index in [-0.39, 0.29) is 0 Å². The van der Waals surface area contributed by atoms with Crippen molar-refractivity contribution in [3.63, 3.8) is 0 Å². The van der Waals surface area contributed by atoms with Crippen LogP contribution < -0.4 is 0 Å². The Morgan fingerprint density at radius 2 is 1.57 bits per heavy atom. The number of aryl methyl sites for hydroxylation is 1. The first-order valence-electron chi connectivity index (χ1n) is 7.77. The molecule has 0 unspecified atom stereocenters. The summed E-state index contributed by atoms with van der Waals surface area (Å²) in [7, 11) is 0.683. The first-order chi connectivity index (χ1) is 10.9. The van der Waals surface area contributed by atoms with Gasteiger partial charge >= 0.3 is 15.0 Å². The minimum absolute atomic E-state index is 0.555. The van der Waals surface area contributed by atoms with Gasteiger partial charge < -0.3 is 13.3 Å². The third kappa shape index (κ3) is 6.62. The Balaban J connectivity index is 2.34. The van der Waals surface area contributed by atoms with E-state index in [9.17, 15) is 13.2 Å². The second-order valence-corrected chi connectivity index (χ2v) is 8.25. The van der Waals surface area contributed by atoms with Gasteiger partial charge in [0.25, 0.3) is 0 Å². The van der Waals surface area contributed by atoms with Crippen molar-refractivity contribution in [3.05, 3.63) is 35.4 Å². The molecule has 0 N–H and O–H groups in total. The summed E-state index contributed by atoms with van der Waals surface area (Å²) in [6.07, 6.45) is -0.729. The summed E-state index contributed by atoms with van der Waals surface area (Å²) in [6.45, 7) is 2.46. The molecule has 1 rings (SSSR count). The lowest BCUT2D eigenvalue weighted by atomic mass is 10.1. The summed E-state index contributed by atoms with van der Waals surface area (Å²) in [5, 5.41) is 0. The topological polar surface area (TPSA) is 27.7 Å². The Labute approximate surface area is 137 Å². The van der Waals surface area contributed by atoms with Crippen LogP contribution in [0.3, 0.4) is 0 Å². The summed E-state index contributed by atoms with van der Waals surface area (Å²) in [4.78, 5) is 0. The lowest BCUT2D eigenvalue weighted by Gasteiger charge is -2.25. The maximum atomic E-state index is 12.5. The summed E-state index contributed by atoms with van der Waals surface area (Å²) in [6, 6.07) is 6.12. The molecule has 1 aromatic rings. The molecule has 0 amide bonds. The molecular weight excluding hydrogens is 325 g/mol. The molecule has 0 saturated heterocycles. The molecule has 132 valence electrons. The van der Waals surface area contributed by atoms with Gasteiger partial charge in [-0.2, -0.15) is 13.2 Å². The number of unbranched alkanes of at least 4 members (excludes halogenated alkanes) is 2. The zero-order valence-electron chi connectivity index (χ0n) is 13.9. The van der Waals surface area contributed by atoms with E-state index in [1.807, 2.05) is 6.92 Å². The second-order valence-electron chi connectivity index (χ2n) is 5.28. The molecule has 23 heavy (non-hydrogen) atoms. The van der Waals surface area contributed by atoms with E-state index in [1.165, 1.54) is 0 Å². The predicted molar refractivity (Wildman–Crippen MR) is 85.2 cm³/mol. The summed E-state index contributed by atoms with van der Waals surface area (Å²) in [5.41, 5.74) is 0.318. The highest BCUT2D eigenvalue weighted by Crippen LogP contribution is 2.29. The fourth-order valence-corrected chi connectivity index (χ4v) is 4.48. The molecular formula is C16H25F3O3Si. The minimum Gasteiger partial charge on any atom is -0.377 e. The van der Waals surface area contributed by atoms with Crippen LogP contribution >= 0.6 is 0 Å². The molecule has 0 aliphatic carbocycles. The number of benzene rings is 1. The standard InChI is InChI=1S/C16H25F3O3Si/c1-4-22-23(20-2,21-3)13-7-5-6-8-14-9-11-15(12-10-14)16(17,18)19/h9-12H,4-8,13H2,1-3H3. The largest absolute Gasteiger partial charge is 0.500 e. The monoisotopic (exact) mass is 350 g/mol. The van der Waals surface area contributed by atoms with E-state index < -0.39 is 20.5 Å². The molecule has 0 atom stereocenters. The van der Waals surface area contributed by atoms with E-state index in [4.69, 9.17) is 13.3 Å². The molecule has 0 aliphatic rings. The van der Waals surface area contributed by atoms with Gasteiger partial charge in [-0.1, -0.05) is 18.6 Å². The van der Waals surface area contributed by atoms with Crippen molar-refractivity contribution in [2.75, 3.05) is 20.8 Å². The van der Waals surface area contributed by atoms with Crippen molar-refractivity contribution in [1.29, 1.82) is 0 Å². The number of halogens is 3. The lowest BCUT2D eigenvalue weighted by Crippen LogP contribution is -2.43. The SMILES string of the molecule is CCO[Si](CCCCCc1ccc(C(F)(F)F)cc1)(OC)OC. The Hall–Kier alpha value is -0.893. The van der Waals surface area contributed by atoms with Crippen LogP contribution in [0, 0.1) is 0 Å². The number of rotatable bonds is 10. The highest BCUT2D eigenvalue weighted by Gasteiger charge is 2.37. The van der Waals surface area contributed by atoms with Crippen LogP contribution in [0.4, 0.5) is 13.2 Å². The molecule has 0 spiro atoms. The fourth-order valence-electron chi connectivity index (χ4n) is 2.41. The van der Waals surface area contributed by atoms with Gasteiger partial charge in [-0.05, 0) is 43.9 Å². The van der Waals surface area contributed by atoms with Gasteiger partial charge in [0.15, 0.2) is 0 Å². The summed E-state index contributed by atoms with van der Waals surface area (Å²) >= 11 is 0. The smallest absolute Gasteiger partial charge is 0.377 e. The summed E-state index contributed by atoms with van der Waals surface area (Å²) in [5.74, 6) is 0. The Morgan fingerprint density at radius 1 is 0.957 bits per heavy atom. The third-order valence-corrected chi connectivity index (χ3v) is 6.65. The lowest BCUT2D eigenvalue weighted by molar-refractivity contribution is -0.137. The van der Waals surface area contributed by atoms with Crippen LogP contribution in [-0.2, 0) is 25.9 Å². The Kier molecular flexibility index (Phi) is 8.25. The Bertz CT molecular complexity index is 445. The second kappa shape index (κ2) is 9.41. The maximum Gasteiger partial charge on any atom is 0.500 e. The van der Waals surface area contributed by atoms with E-state index in [0.29, 0.717) is 6.61 Å². The van der Waals surface area contributed by atoms with Crippen LogP contribution in [-0.4, -0.2) is 29.6 Å². The number of hydrogen-bond acceptors (Lipinski definition) is 3. The van der Waals surface area contributed by atoms with Crippen LogP contribution in [0.2, 0.25) is 6.04 Å².